The molecule has 2 aromatic rings. The topological polar surface area (TPSA) is 54.0 Å². The van der Waals surface area contributed by atoms with Gasteiger partial charge in [0.15, 0.2) is 11.5 Å². The molecule has 134 valence electrons. The molecule has 0 atom stereocenters. The molecule has 0 unspecified atom stereocenters. The van der Waals surface area contributed by atoms with E-state index in [2.05, 4.69) is 0 Å². The van der Waals surface area contributed by atoms with Crippen molar-refractivity contribution in [1.82, 2.24) is 0 Å². The van der Waals surface area contributed by atoms with E-state index in [4.69, 9.17) is 30.5 Å². The maximum atomic E-state index is 12.3. The number of ether oxygens (including phenoxy) is 4. The summed E-state index contributed by atoms with van der Waals surface area (Å²) in [6.45, 7) is 3.91. The van der Waals surface area contributed by atoms with Crippen molar-refractivity contribution in [2.45, 2.75) is 26.6 Å². The molecule has 25 heavy (non-hydrogen) atoms. The van der Waals surface area contributed by atoms with Crippen molar-refractivity contribution in [3.8, 4) is 17.2 Å². The molecule has 0 amide bonds. The molecule has 0 aliphatic rings. The summed E-state index contributed by atoms with van der Waals surface area (Å²) in [7, 11) is 3.09. The fourth-order valence-corrected chi connectivity index (χ4v) is 2.40. The summed E-state index contributed by atoms with van der Waals surface area (Å²) in [6, 6.07) is 10.3. The Hall–Kier alpha value is -2.40. The number of carbonyl (C=O) groups excluding carboxylic acids is 1. The summed E-state index contributed by atoms with van der Waals surface area (Å²) in [6.07, 6.45) is -0.0701. The van der Waals surface area contributed by atoms with Crippen LogP contribution in [0.25, 0.3) is 0 Å². The van der Waals surface area contributed by atoms with E-state index >= 15 is 0 Å². The lowest BCUT2D eigenvalue weighted by Gasteiger charge is -2.16. The van der Waals surface area contributed by atoms with Gasteiger partial charge in [-0.15, -0.1) is 0 Å². The molecule has 2 aromatic carbocycles. The van der Waals surface area contributed by atoms with Gasteiger partial charge in [0.25, 0.3) is 0 Å². The molecule has 0 fully saturated rings. The van der Waals surface area contributed by atoms with Crippen molar-refractivity contribution in [2.75, 3.05) is 14.2 Å². The number of rotatable bonds is 7. The van der Waals surface area contributed by atoms with Crippen LogP contribution in [0.2, 0.25) is 5.02 Å². The molecule has 0 saturated heterocycles. The number of hydrogen-bond donors (Lipinski definition) is 0. The van der Waals surface area contributed by atoms with Crippen molar-refractivity contribution in [3.63, 3.8) is 0 Å². The van der Waals surface area contributed by atoms with Gasteiger partial charge >= 0.3 is 5.97 Å². The van der Waals surface area contributed by atoms with Crippen molar-refractivity contribution in [2.24, 2.45) is 0 Å². The van der Waals surface area contributed by atoms with E-state index < -0.39 is 5.97 Å². The molecule has 0 N–H and O–H groups in total. The summed E-state index contributed by atoms with van der Waals surface area (Å²) in [5.41, 5.74) is 1.15. The minimum absolute atomic E-state index is 0.0701. The van der Waals surface area contributed by atoms with E-state index in [9.17, 15) is 4.79 Å². The van der Waals surface area contributed by atoms with E-state index in [0.717, 1.165) is 11.3 Å². The van der Waals surface area contributed by atoms with Crippen molar-refractivity contribution in [1.29, 1.82) is 0 Å². The smallest absolute Gasteiger partial charge is 0.338 e. The molecule has 0 radical (unpaired) electrons. The molecule has 0 aliphatic heterocycles. The third kappa shape index (κ3) is 5.03. The zero-order chi connectivity index (χ0) is 18.4. The van der Waals surface area contributed by atoms with Gasteiger partial charge < -0.3 is 18.9 Å². The lowest BCUT2D eigenvalue weighted by molar-refractivity contribution is 0.0472. The number of halogens is 1. The molecule has 2 rings (SSSR count). The van der Waals surface area contributed by atoms with E-state index in [1.54, 1.807) is 25.3 Å². The van der Waals surface area contributed by atoms with Gasteiger partial charge in [-0.05, 0) is 43.7 Å². The lowest BCUT2D eigenvalue weighted by atomic mass is 10.2. The Morgan fingerprint density at radius 1 is 1.08 bits per heavy atom. The second kappa shape index (κ2) is 8.62. The Labute approximate surface area is 152 Å². The van der Waals surface area contributed by atoms with Crippen molar-refractivity contribution < 1.29 is 23.7 Å². The Kier molecular flexibility index (Phi) is 6.53. The Balaban J connectivity index is 2.11. The monoisotopic (exact) mass is 364 g/mol. The van der Waals surface area contributed by atoms with Gasteiger partial charge in [0.1, 0.15) is 12.4 Å². The van der Waals surface area contributed by atoms with Crippen LogP contribution in [0.3, 0.4) is 0 Å². The normalized spacial score (nSPS) is 10.5. The first-order valence-corrected chi connectivity index (χ1v) is 8.16. The van der Waals surface area contributed by atoms with E-state index in [1.165, 1.54) is 13.2 Å². The summed E-state index contributed by atoms with van der Waals surface area (Å²) in [4.78, 5) is 12.3. The van der Waals surface area contributed by atoms with E-state index in [1.807, 2.05) is 26.0 Å². The van der Waals surface area contributed by atoms with Crippen molar-refractivity contribution >= 4 is 17.6 Å². The number of esters is 1. The molecule has 5 nitrogen and oxygen atoms in total. The first kappa shape index (κ1) is 18.9. The average Bonchev–Trinajstić information content (AvgIpc) is 2.61. The molecule has 0 heterocycles. The van der Waals surface area contributed by atoms with Gasteiger partial charge in [0.05, 0.1) is 30.9 Å². The minimum Gasteiger partial charge on any atom is -0.497 e. The maximum absolute atomic E-state index is 12.3. The van der Waals surface area contributed by atoms with Gasteiger partial charge in [-0.3, -0.25) is 0 Å². The van der Waals surface area contributed by atoms with Crippen LogP contribution >= 0.6 is 11.6 Å². The van der Waals surface area contributed by atoms with Crippen LogP contribution in [0.5, 0.6) is 17.2 Å². The minimum atomic E-state index is -0.493. The van der Waals surface area contributed by atoms with E-state index in [0.29, 0.717) is 22.1 Å². The van der Waals surface area contributed by atoms with Gasteiger partial charge in [-0.2, -0.15) is 0 Å². The van der Waals surface area contributed by atoms with Crippen LogP contribution in [0.1, 0.15) is 29.8 Å². The zero-order valence-corrected chi connectivity index (χ0v) is 15.4. The molecular formula is C19H21ClO5. The summed E-state index contributed by atoms with van der Waals surface area (Å²) < 4.78 is 21.3. The molecule has 0 bridgehead atoms. The van der Waals surface area contributed by atoms with Crippen LogP contribution in [-0.2, 0) is 11.3 Å². The van der Waals surface area contributed by atoms with E-state index in [-0.39, 0.29) is 12.7 Å². The molecule has 0 saturated carbocycles. The highest BCUT2D eigenvalue weighted by Gasteiger charge is 2.17. The second-order valence-electron chi connectivity index (χ2n) is 5.58. The van der Waals surface area contributed by atoms with Crippen LogP contribution in [0.4, 0.5) is 0 Å². The second-order valence-corrected chi connectivity index (χ2v) is 5.99. The average molecular weight is 365 g/mol. The summed E-state index contributed by atoms with van der Waals surface area (Å²) in [5.74, 6) is 1.04. The highest BCUT2D eigenvalue weighted by Crippen LogP contribution is 2.37. The predicted octanol–water partition coefficient (Wildman–Crippen LogP) is 4.50. The van der Waals surface area contributed by atoms with Crippen LogP contribution in [0.15, 0.2) is 36.4 Å². The third-order valence-electron chi connectivity index (χ3n) is 3.35. The Morgan fingerprint density at radius 2 is 1.76 bits per heavy atom. The Morgan fingerprint density at radius 3 is 2.32 bits per heavy atom. The van der Waals surface area contributed by atoms with Gasteiger partial charge in [-0.25, -0.2) is 4.79 Å². The molecule has 0 aliphatic carbocycles. The van der Waals surface area contributed by atoms with Gasteiger partial charge in [0, 0.05) is 0 Å². The summed E-state index contributed by atoms with van der Waals surface area (Å²) >= 11 is 6.23. The molecule has 6 heteroatoms. The number of benzene rings is 2. The molecule has 0 spiro atoms. The fourth-order valence-electron chi connectivity index (χ4n) is 2.14. The SMILES string of the molecule is COc1ccc(COC(=O)c2cc(Cl)c(OC(C)C)c(OC)c2)cc1. The number of carbonyl (C=O) groups is 1. The van der Waals surface area contributed by atoms with Crippen LogP contribution in [-0.4, -0.2) is 26.3 Å². The summed E-state index contributed by atoms with van der Waals surface area (Å²) in [5, 5.41) is 0.296. The largest absolute Gasteiger partial charge is 0.497 e. The number of hydrogen-bond acceptors (Lipinski definition) is 5. The molecular weight excluding hydrogens is 344 g/mol. The highest BCUT2D eigenvalue weighted by atomic mass is 35.5. The number of methoxy groups -OCH3 is 2. The standard InChI is InChI=1S/C19H21ClO5/c1-12(2)25-18-16(20)9-14(10-17(18)23-4)19(21)24-11-13-5-7-15(22-3)8-6-13/h5-10,12H,11H2,1-4H3. The Bertz CT molecular complexity index is 725. The molecule has 0 aromatic heterocycles. The lowest BCUT2D eigenvalue weighted by Crippen LogP contribution is -2.09. The fraction of sp³-hybridized carbons (Fsp3) is 0.316. The van der Waals surface area contributed by atoms with Crippen LogP contribution in [0, 0.1) is 0 Å². The van der Waals surface area contributed by atoms with Gasteiger partial charge in [-0.1, -0.05) is 23.7 Å². The first-order chi connectivity index (χ1) is 11.9. The quantitative estimate of drug-likeness (QED) is 0.677. The highest BCUT2D eigenvalue weighted by molar-refractivity contribution is 6.32. The first-order valence-electron chi connectivity index (χ1n) is 7.78. The van der Waals surface area contributed by atoms with Crippen LogP contribution < -0.4 is 14.2 Å². The predicted molar refractivity (Wildman–Crippen MR) is 95.9 cm³/mol. The zero-order valence-electron chi connectivity index (χ0n) is 14.7. The third-order valence-corrected chi connectivity index (χ3v) is 3.63. The maximum Gasteiger partial charge on any atom is 0.338 e. The van der Waals surface area contributed by atoms with Gasteiger partial charge in [0.2, 0.25) is 0 Å². The van der Waals surface area contributed by atoms with Crippen molar-refractivity contribution in [3.05, 3.63) is 52.5 Å².